The molecule has 24 heavy (non-hydrogen) atoms. The Hall–Kier alpha value is -2.98. The molecule has 7 nitrogen and oxygen atoms in total. The van der Waals surface area contributed by atoms with Crippen LogP contribution in [-0.4, -0.2) is 35.1 Å². The van der Waals surface area contributed by atoms with E-state index in [9.17, 15) is 4.79 Å². The van der Waals surface area contributed by atoms with Crippen LogP contribution in [0.5, 0.6) is 0 Å². The summed E-state index contributed by atoms with van der Waals surface area (Å²) in [5.74, 6) is -0.00742. The van der Waals surface area contributed by atoms with Gasteiger partial charge in [0.1, 0.15) is 11.8 Å². The maximum atomic E-state index is 12.2. The second kappa shape index (κ2) is 7.53. The topological polar surface area (TPSA) is 99.9 Å². The number of rotatable bonds is 5. The van der Waals surface area contributed by atoms with E-state index in [1.165, 1.54) is 6.20 Å². The van der Waals surface area contributed by atoms with Crippen LogP contribution in [-0.2, 0) is 4.74 Å². The second-order valence-electron chi connectivity index (χ2n) is 5.39. The van der Waals surface area contributed by atoms with Gasteiger partial charge in [-0.25, -0.2) is 9.97 Å². The molecular formula is C17H17N5O2. The van der Waals surface area contributed by atoms with Gasteiger partial charge in [0.05, 0.1) is 17.4 Å². The van der Waals surface area contributed by atoms with Gasteiger partial charge in [-0.05, 0) is 31.0 Å². The quantitative estimate of drug-likeness (QED) is 0.873. The first-order valence-electron chi connectivity index (χ1n) is 7.75. The van der Waals surface area contributed by atoms with Crippen LogP contribution in [0, 0.1) is 11.3 Å². The largest absolute Gasteiger partial charge is 0.376 e. The van der Waals surface area contributed by atoms with Crippen molar-refractivity contribution in [3.63, 3.8) is 0 Å². The predicted octanol–water partition coefficient (Wildman–Crippen LogP) is 2.00. The Bertz CT molecular complexity index is 766. The Morgan fingerprint density at radius 3 is 3.04 bits per heavy atom. The van der Waals surface area contributed by atoms with Crippen LogP contribution in [0.4, 0.5) is 11.6 Å². The highest BCUT2D eigenvalue weighted by atomic mass is 16.5. The molecule has 0 aliphatic carbocycles. The molecule has 3 rings (SSSR count). The molecule has 2 N–H and O–H groups in total. The van der Waals surface area contributed by atoms with E-state index in [1.807, 2.05) is 0 Å². The van der Waals surface area contributed by atoms with E-state index < -0.39 is 0 Å². The molecule has 1 aromatic carbocycles. The van der Waals surface area contributed by atoms with Gasteiger partial charge in [0.15, 0.2) is 0 Å². The molecule has 0 saturated carbocycles. The molecule has 1 aromatic heterocycles. The van der Waals surface area contributed by atoms with Gasteiger partial charge in [-0.2, -0.15) is 5.26 Å². The summed E-state index contributed by atoms with van der Waals surface area (Å²) in [5, 5.41) is 14.9. The molecular weight excluding hydrogens is 306 g/mol. The van der Waals surface area contributed by atoms with Crippen molar-refractivity contribution < 1.29 is 9.53 Å². The highest BCUT2D eigenvalue weighted by molar-refractivity contribution is 5.92. The van der Waals surface area contributed by atoms with Crippen LogP contribution in [0.15, 0.2) is 36.5 Å². The van der Waals surface area contributed by atoms with Crippen LogP contribution in [0.2, 0.25) is 0 Å². The monoisotopic (exact) mass is 323 g/mol. The lowest BCUT2D eigenvalue weighted by Gasteiger charge is -2.11. The van der Waals surface area contributed by atoms with Crippen molar-refractivity contribution in [2.45, 2.75) is 18.9 Å². The van der Waals surface area contributed by atoms with Crippen LogP contribution in [0.3, 0.4) is 0 Å². The van der Waals surface area contributed by atoms with Crippen LogP contribution < -0.4 is 10.6 Å². The molecule has 1 aliphatic rings. The summed E-state index contributed by atoms with van der Waals surface area (Å²) < 4.78 is 5.48. The van der Waals surface area contributed by atoms with Crippen molar-refractivity contribution in [2.24, 2.45) is 0 Å². The Labute approximate surface area is 139 Å². The maximum Gasteiger partial charge on any atom is 0.270 e. The Balaban J connectivity index is 1.67. The van der Waals surface area contributed by atoms with E-state index in [1.54, 1.807) is 30.3 Å². The van der Waals surface area contributed by atoms with Gasteiger partial charge in [0.2, 0.25) is 5.95 Å². The van der Waals surface area contributed by atoms with Crippen molar-refractivity contribution in [1.29, 1.82) is 5.26 Å². The van der Waals surface area contributed by atoms with Gasteiger partial charge in [0.25, 0.3) is 5.91 Å². The third-order valence-corrected chi connectivity index (χ3v) is 3.70. The van der Waals surface area contributed by atoms with Crippen molar-refractivity contribution in [3.8, 4) is 6.07 Å². The summed E-state index contributed by atoms with van der Waals surface area (Å²) in [4.78, 5) is 20.5. The number of anilines is 2. The molecule has 1 amide bonds. The minimum atomic E-state index is -0.274. The fourth-order valence-corrected chi connectivity index (χ4v) is 2.46. The predicted molar refractivity (Wildman–Crippen MR) is 87.8 cm³/mol. The summed E-state index contributed by atoms with van der Waals surface area (Å²) in [6.07, 6.45) is 3.57. The molecule has 0 bridgehead atoms. The Morgan fingerprint density at radius 1 is 1.38 bits per heavy atom. The van der Waals surface area contributed by atoms with Gasteiger partial charge >= 0.3 is 0 Å². The minimum absolute atomic E-state index is 0.0795. The molecule has 1 unspecified atom stereocenters. The summed E-state index contributed by atoms with van der Waals surface area (Å²) in [6.45, 7) is 1.23. The van der Waals surface area contributed by atoms with Crippen molar-refractivity contribution >= 4 is 17.5 Å². The number of ether oxygens (including phenoxy) is 1. The van der Waals surface area contributed by atoms with Crippen molar-refractivity contribution in [2.75, 3.05) is 18.5 Å². The number of nitrogens with zero attached hydrogens (tertiary/aromatic N) is 3. The summed E-state index contributed by atoms with van der Waals surface area (Å²) >= 11 is 0. The molecule has 7 heteroatoms. The van der Waals surface area contributed by atoms with Crippen molar-refractivity contribution in [1.82, 2.24) is 15.3 Å². The number of hydrogen-bond donors (Lipinski definition) is 2. The van der Waals surface area contributed by atoms with Crippen LogP contribution >= 0.6 is 0 Å². The van der Waals surface area contributed by atoms with E-state index in [2.05, 4.69) is 26.7 Å². The molecule has 2 aromatic rings. The Kier molecular flexibility index (Phi) is 4.99. The number of amides is 1. The molecule has 1 fully saturated rings. The average Bonchev–Trinajstić information content (AvgIpc) is 3.14. The number of carbonyl (C=O) groups is 1. The molecule has 2 heterocycles. The van der Waals surface area contributed by atoms with Gasteiger partial charge in [-0.1, -0.05) is 12.1 Å². The van der Waals surface area contributed by atoms with E-state index in [4.69, 9.17) is 10.00 Å². The first kappa shape index (κ1) is 15.9. The second-order valence-corrected chi connectivity index (χ2v) is 5.39. The number of hydrogen-bond acceptors (Lipinski definition) is 6. The molecule has 1 atom stereocenters. The highest BCUT2D eigenvalue weighted by Gasteiger charge is 2.17. The molecule has 122 valence electrons. The van der Waals surface area contributed by atoms with Gasteiger partial charge in [-0.3, -0.25) is 4.79 Å². The van der Waals surface area contributed by atoms with E-state index >= 15 is 0 Å². The summed E-state index contributed by atoms with van der Waals surface area (Å²) in [7, 11) is 0. The molecule has 1 aliphatic heterocycles. The fraction of sp³-hybridized carbons (Fsp3) is 0.294. The van der Waals surface area contributed by atoms with Crippen LogP contribution in [0.25, 0.3) is 0 Å². The van der Waals surface area contributed by atoms with E-state index in [-0.39, 0.29) is 23.7 Å². The zero-order valence-corrected chi connectivity index (χ0v) is 13.0. The minimum Gasteiger partial charge on any atom is -0.376 e. The zero-order chi connectivity index (χ0) is 16.8. The molecule has 1 saturated heterocycles. The Morgan fingerprint density at radius 2 is 2.25 bits per heavy atom. The fourth-order valence-electron chi connectivity index (χ4n) is 2.46. The molecule has 0 spiro atoms. The number of benzene rings is 1. The van der Waals surface area contributed by atoms with Crippen LogP contribution in [0.1, 0.15) is 28.9 Å². The maximum absolute atomic E-state index is 12.2. The lowest BCUT2D eigenvalue weighted by atomic mass is 10.2. The third-order valence-electron chi connectivity index (χ3n) is 3.70. The number of aromatic nitrogens is 2. The molecule has 0 radical (unpaired) electrons. The van der Waals surface area contributed by atoms with Gasteiger partial charge < -0.3 is 15.4 Å². The lowest BCUT2D eigenvalue weighted by molar-refractivity contribution is 0.0853. The SMILES string of the molecule is N#Cc1ccccc1Nc1nccc(C(=O)NCC2CCCO2)n1. The smallest absolute Gasteiger partial charge is 0.270 e. The average molecular weight is 323 g/mol. The number of nitrogens with one attached hydrogen (secondary N) is 2. The number of nitriles is 1. The van der Waals surface area contributed by atoms with E-state index in [0.717, 1.165) is 19.4 Å². The number of para-hydroxylation sites is 1. The first-order chi connectivity index (χ1) is 11.8. The first-order valence-corrected chi connectivity index (χ1v) is 7.75. The summed E-state index contributed by atoms with van der Waals surface area (Å²) in [5.41, 5.74) is 1.34. The van der Waals surface area contributed by atoms with E-state index in [0.29, 0.717) is 17.8 Å². The normalized spacial score (nSPS) is 16.4. The third kappa shape index (κ3) is 3.86. The lowest BCUT2D eigenvalue weighted by Crippen LogP contribution is -2.32. The number of carbonyl (C=O) groups excluding carboxylic acids is 1. The summed E-state index contributed by atoms with van der Waals surface area (Å²) in [6, 6.07) is 10.7. The zero-order valence-electron chi connectivity index (χ0n) is 13.0. The standard InChI is InChI=1S/C17H17N5O2/c18-10-12-4-1-2-6-14(12)21-17-19-8-7-15(22-17)16(23)20-11-13-5-3-9-24-13/h1-2,4,6-8,13H,3,5,9,11H2,(H,20,23)(H,19,21,22). The highest BCUT2D eigenvalue weighted by Crippen LogP contribution is 2.17. The van der Waals surface area contributed by atoms with Gasteiger partial charge in [0, 0.05) is 19.3 Å². The van der Waals surface area contributed by atoms with Gasteiger partial charge in [-0.15, -0.1) is 0 Å². The van der Waals surface area contributed by atoms with Crippen molar-refractivity contribution in [3.05, 3.63) is 47.8 Å².